The minimum atomic E-state index is -0.344. The van der Waals surface area contributed by atoms with E-state index in [-0.39, 0.29) is 24.1 Å². The maximum atomic E-state index is 14.9. The number of carbonyl (C=O) groups is 1. The van der Waals surface area contributed by atoms with Crippen LogP contribution in [0.3, 0.4) is 0 Å². The number of pyridine rings is 2. The molecule has 5 nitrogen and oxygen atoms in total. The summed E-state index contributed by atoms with van der Waals surface area (Å²) in [5, 5.41) is 0.407. The molecule has 2 N–H and O–H groups in total. The van der Waals surface area contributed by atoms with Gasteiger partial charge in [-0.1, -0.05) is 13.8 Å². The Kier molecular flexibility index (Phi) is 6.83. The molecule has 4 atom stereocenters. The molecule has 5 rings (SSSR count). The van der Waals surface area contributed by atoms with Crippen LogP contribution in [0.15, 0.2) is 42.9 Å². The summed E-state index contributed by atoms with van der Waals surface area (Å²) in [4.78, 5) is 24.7. The first-order valence-electron chi connectivity index (χ1n) is 12.9. The van der Waals surface area contributed by atoms with Crippen LogP contribution in [-0.2, 0) is 6.42 Å². The van der Waals surface area contributed by atoms with Gasteiger partial charge in [0.15, 0.2) is 5.78 Å². The molecule has 1 aliphatic heterocycles. The van der Waals surface area contributed by atoms with E-state index in [1.807, 2.05) is 12.1 Å². The van der Waals surface area contributed by atoms with Crippen molar-refractivity contribution in [1.82, 2.24) is 9.97 Å². The second kappa shape index (κ2) is 10.0. The van der Waals surface area contributed by atoms with Gasteiger partial charge in [0, 0.05) is 48.9 Å². The van der Waals surface area contributed by atoms with Gasteiger partial charge in [-0.25, -0.2) is 4.39 Å². The predicted octanol–water partition coefficient (Wildman–Crippen LogP) is 5.66. The number of anilines is 1. The average Bonchev–Trinajstić information content (AvgIpc) is 2.84. The van der Waals surface area contributed by atoms with E-state index in [4.69, 9.17) is 5.73 Å². The maximum Gasteiger partial charge on any atom is 0.169 e. The lowest BCUT2D eigenvalue weighted by atomic mass is 9.75. The predicted molar refractivity (Wildman–Crippen MR) is 138 cm³/mol. The third kappa shape index (κ3) is 5.08. The molecule has 0 bridgehead atoms. The number of ketones is 1. The summed E-state index contributed by atoms with van der Waals surface area (Å²) >= 11 is 0. The van der Waals surface area contributed by atoms with Gasteiger partial charge in [-0.15, -0.1) is 0 Å². The number of aromatic nitrogens is 2. The summed E-state index contributed by atoms with van der Waals surface area (Å²) in [5.41, 5.74) is 10.2. The van der Waals surface area contributed by atoms with E-state index in [0.29, 0.717) is 34.2 Å². The number of nitrogens with zero attached hydrogens (tertiary/aromatic N) is 3. The fourth-order valence-corrected chi connectivity index (χ4v) is 6.16. The first-order chi connectivity index (χ1) is 16.9. The molecule has 1 aliphatic carbocycles. The highest BCUT2D eigenvalue weighted by molar-refractivity contribution is 6.08. The van der Waals surface area contributed by atoms with E-state index in [1.54, 1.807) is 24.7 Å². The van der Waals surface area contributed by atoms with Crippen molar-refractivity contribution >= 4 is 22.4 Å². The van der Waals surface area contributed by atoms with Gasteiger partial charge < -0.3 is 10.6 Å². The van der Waals surface area contributed by atoms with Gasteiger partial charge in [0.25, 0.3) is 0 Å². The number of Topliss-reactive ketones (excluding diaryl/α,β-unsaturated/α-hetero) is 1. The van der Waals surface area contributed by atoms with Crippen LogP contribution >= 0.6 is 0 Å². The van der Waals surface area contributed by atoms with Gasteiger partial charge >= 0.3 is 0 Å². The molecule has 0 amide bonds. The van der Waals surface area contributed by atoms with Crippen molar-refractivity contribution in [3.05, 3.63) is 65.4 Å². The lowest BCUT2D eigenvalue weighted by Gasteiger charge is -2.32. The summed E-state index contributed by atoms with van der Waals surface area (Å²) in [6.45, 7) is 6.38. The number of halogens is 1. The molecule has 1 saturated heterocycles. The second-order valence-corrected chi connectivity index (χ2v) is 10.8. The monoisotopic (exact) mass is 474 g/mol. The molecule has 3 aromatic rings. The number of fused-ring (bicyclic) bond motifs is 1. The fraction of sp³-hybridized carbons (Fsp3) is 0.483. The number of benzene rings is 1. The molecule has 1 aromatic carbocycles. The van der Waals surface area contributed by atoms with Crippen molar-refractivity contribution in [2.45, 2.75) is 64.3 Å². The third-order valence-electron chi connectivity index (χ3n) is 7.82. The quantitative estimate of drug-likeness (QED) is 0.483. The number of rotatable bonds is 5. The largest absolute Gasteiger partial charge is 0.370 e. The minimum absolute atomic E-state index is 0.0655. The number of hydrogen-bond donors (Lipinski definition) is 1. The Morgan fingerprint density at radius 1 is 1.14 bits per heavy atom. The van der Waals surface area contributed by atoms with Gasteiger partial charge in [0.1, 0.15) is 5.82 Å². The van der Waals surface area contributed by atoms with Crippen molar-refractivity contribution < 1.29 is 9.18 Å². The number of carbonyl (C=O) groups excluding carboxylic acids is 1. The maximum absolute atomic E-state index is 14.9. The lowest BCUT2D eigenvalue weighted by molar-refractivity contribution is 0.0994. The first kappa shape index (κ1) is 23.9. The highest BCUT2D eigenvalue weighted by Crippen LogP contribution is 2.37. The zero-order chi connectivity index (χ0) is 24.5. The Hall–Kier alpha value is -2.86. The molecule has 0 unspecified atom stereocenters. The highest BCUT2D eigenvalue weighted by atomic mass is 19.1. The van der Waals surface area contributed by atoms with E-state index < -0.39 is 0 Å². The molecule has 2 fully saturated rings. The normalized spacial score (nSPS) is 25.1. The van der Waals surface area contributed by atoms with Crippen LogP contribution in [0.25, 0.3) is 10.9 Å². The van der Waals surface area contributed by atoms with Crippen molar-refractivity contribution in [3.63, 3.8) is 0 Å². The van der Waals surface area contributed by atoms with E-state index in [9.17, 15) is 9.18 Å². The van der Waals surface area contributed by atoms with Crippen molar-refractivity contribution in [3.8, 4) is 0 Å². The SMILES string of the molecule is C[C@@H]1C[C@H](N)C[C@H](c2ccncc2CC(=O)c2ccc(F)c3cc(N4CCC[C@H](C)C4)cnc23)C1. The molecular formula is C29H35FN4O. The molecule has 2 aliphatic rings. The van der Waals surface area contributed by atoms with Gasteiger partial charge in [-0.05, 0) is 85.3 Å². The number of hydrogen-bond acceptors (Lipinski definition) is 5. The van der Waals surface area contributed by atoms with Crippen molar-refractivity contribution in [1.29, 1.82) is 0 Å². The topological polar surface area (TPSA) is 72.1 Å². The molecular weight excluding hydrogens is 439 g/mol. The zero-order valence-corrected chi connectivity index (χ0v) is 20.7. The third-order valence-corrected chi connectivity index (χ3v) is 7.82. The fourth-order valence-electron chi connectivity index (χ4n) is 6.16. The standard InChI is InChI=1S/C29H35FN4O/c1-18-4-3-9-34(17-18)23-14-26-27(30)6-5-25(29(26)33-16-23)28(35)13-21-15-32-8-7-24(21)20-10-19(2)11-22(31)12-20/h5-8,14-16,18-20,22H,3-4,9-13,17,31H2,1-2H3/t18-,19-,20+,22-/m0/s1. The van der Waals surface area contributed by atoms with Crippen LogP contribution < -0.4 is 10.6 Å². The van der Waals surface area contributed by atoms with E-state index in [1.165, 1.54) is 12.5 Å². The Balaban J connectivity index is 1.43. The van der Waals surface area contributed by atoms with Crippen LogP contribution in [0.5, 0.6) is 0 Å². The van der Waals surface area contributed by atoms with Crippen molar-refractivity contribution in [2.75, 3.05) is 18.0 Å². The average molecular weight is 475 g/mol. The molecule has 184 valence electrons. The molecule has 6 heteroatoms. The second-order valence-electron chi connectivity index (χ2n) is 10.8. The summed E-state index contributed by atoms with van der Waals surface area (Å²) in [7, 11) is 0. The van der Waals surface area contributed by atoms with Crippen LogP contribution in [0.2, 0.25) is 0 Å². The highest BCUT2D eigenvalue weighted by Gasteiger charge is 2.28. The van der Waals surface area contributed by atoms with Crippen molar-refractivity contribution in [2.24, 2.45) is 17.6 Å². The molecule has 0 radical (unpaired) electrons. The summed E-state index contributed by atoms with van der Waals surface area (Å²) in [6, 6.07) is 7.04. The molecule has 0 spiro atoms. The van der Waals surface area contributed by atoms with E-state index in [2.05, 4.69) is 28.7 Å². The summed E-state index contributed by atoms with van der Waals surface area (Å²) in [5.74, 6) is 1.08. The zero-order valence-electron chi connectivity index (χ0n) is 20.7. The smallest absolute Gasteiger partial charge is 0.169 e. The molecule has 1 saturated carbocycles. The summed E-state index contributed by atoms with van der Waals surface area (Å²) in [6.07, 6.45) is 11.0. The van der Waals surface area contributed by atoms with E-state index >= 15 is 0 Å². The molecule has 35 heavy (non-hydrogen) atoms. The lowest BCUT2D eigenvalue weighted by Crippen LogP contribution is -2.34. The Bertz CT molecular complexity index is 1220. The number of piperidine rings is 1. The van der Waals surface area contributed by atoms with E-state index in [0.717, 1.165) is 55.6 Å². The van der Waals surface area contributed by atoms with Gasteiger partial charge in [-0.3, -0.25) is 14.8 Å². The van der Waals surface area contributed by atoms with Crippen LogP contribution in [0, 0.1) is 17.7 Å². The van der Waals surface area contributed by atoms with Gasteiger partial charge in [0.2, 0.25) is 0 Å². The van der Waals surface area contributed by atoms with Gasteiger partial charge in [0.05, 0.1) is 17.4 Å². The van der Waals surface area contributed by atoms with Crippen LogP contribution in [0.4, 0.5) is 10.1 Å². The Labute approximate surface area is 206 Å². The minimum Gasteiger partial charge on any atom is -0.370 e. The number of nitrogens with two attached hydrogens (primary N) is 1. The van der Waals surface area contributed by atoms with Crippen LogP contribution in [-0.4, -0.2) is 34.9 Å². The Morgan fingerprint density at radius 3 is 2.80 bits per heavy atom. The molecule has 3 heterocycles. The Morgan fingerprint density at radius 2 is 2.00 bits per heavy atom. The van der Waals surface area contributed by atoms with Crippen LogP contribution in [0.1, 0.15) is 73.4 Å². The van der Waals surface area contributed by atoms with Gasteiger partial charge in [-0.2, -0.15) is 0 Å². The first-order valence-corrected chi connectivity index (χ1v) is 12.9. The summed E-state index contributed by atoms with van der Waals surface area (Å²) < 4.78 is 14.9. The molecule has 2 aromatic heterocycles.